The third-order valence-electron chi connectivity index (χ3n) is 3.27. The predicted octanol–water partition coefficient (Wildman–Crippen LogP) is 2.33. The van der Waals surface area contributed by atoms with Crippen molar-refractivity contribution in [3.05, 3.63) is 0 Å². The van der Waals surface area contributed by atoms with Crippen LogP contribution in [-0.4, -0.2) is 36.0 Å². The van der Waals surface area contributed by atoms with Gasteiger partial charge in [0.15, 0.2) is 0 Å². The van der Waals surface area contributed by atoms with Gasteiger partial charge in [-0.1, -0.05) is 13.8 Å². The molecule has 1 saturated carbocycles. The van der Waals surface area contributed by atoms with Crippen molar-refractivity contribution in [3.63, 3.8) is 0 Å². The smallest absolute Gasteiger partial charge is 0.0612 e. The van der Waals surface area contributed by atoms with E-state index in [-0.39, 0.29) is 17.6 Å². The first-order valence-corrected chi connectivity index (χ1v) is 6.74. The van der Waals surface area contributed by atoms with Crippen LogP contribution >= 0.6 is 0 Å². The van der Waals surface area contributed by atoms with Crippen molar-refractivity contribution in [2.75, 3.05) is 13.2 Å². The maximum atomic E-state index is 8.96. The molecule has 2 N–H and O–H groups in total. The fraction of sp³-hybridized carbons (Fsp3) is 1.00. The number of nitrogens with one attached hydrogen (secondary N) is 1. The summed E-state index contributed by atoms with van der Waals surface area (Å²) in [5.74, 6) is 0. The van der Waals surface area contributed by atoms with Crippen molar-refractivity contribution >= 4 is 0 Å². The lowest BCUT2D eigenvalue weighted by Crippen LogP contribution is -2.50. The molecule has 0 unspecified atom stereocenters. The van der Waals surface area contributed by atoms with Gasteiger partial charge in [0.05, 0.1) is 11.7 Å². The Labute approximate surface area is 106 Å². The summed E-state index contributed by atoms with van der Waals surface area (Å²) in [6, 6.07) is 0.598. The van der Waals surface area contributed by atoms with E-state index in [1.54, 1.807) is 0 Å². The Balaban J connectivity index is 2.13. The molecule has 0 spiro atoms. The average Bonchev–Trinajstić information content (AvgIpc) is 2.06. The second-order valence-corrected chi connectivity index (χ2v) is 7.04. The van der Waals surface area contributed by atoms with E-state index in [2.05, 4.69) is 39.9 Å². The first kappa shape index (κ1) is 14.9. The Morgan fingerprint density at radius 2 is 1.76 bits per heavy atom. The molecule has 1 rings (SSSR count). The number of hydrogen-bond donors (Lipinski definition) is 2. The molecule has 0 aromatic rings. The predicted molar refractivity (Wildman–Crippen MR) is 71.1 cm³/mol. The summed E-state index contributed by atoms with van der Waals surface area (Å²) in [5, 5.41) is 12.5. The number of aliphatic hydroxyl groups excluding tert-OH is 1. The summed E-state index contributed by atoms with van der Waals surface area (Å²) in [5.41, 5.74) is 0.163. The van der Waals surface area contributed by atoms with Crippen LogP contribution in [-0.2, 0) is 4.74 Å². The molecule has 0 amide bonds. The van der Waals surface area contributed by atoms with E-state index in [4.69, 9.17) is 9.84 Å². The average molecular weight is 243 g/mol. The van der Waals surface area contributed by atoms with Gasteiger partial charge in [0.25, 0.3) is 0 Å². The van der Waals surface area contributed by atoms with Crippen LogP contribution in [0.5, 0.6) is 0 Å². The Kier molecular flexibility index (Phi) is 4.99. The van der Waals surface area contributed by atoms with E-state index >= 15 is 0 Å². The molecule has 17 heavy (non-hydrogen) atoms. The van der Waals surface area contributed by atoms with Gasteiger partial charge in [0.2, 0.25) is 0 Å². The Morgan fingerprint density at radius 3 is 2.24 bits per heavy atom. The first-order chi connectivity index (χ1) is 7.72. The Hall–Kier alpha value is -0.120. The van der Waals surface area contributed by atoms with Crippen molar-refractivity contribution in [3.8, 4) is 0 Å². The van der Waals surface area contributed by atoms with Crippen LogP contribution in [0.3, 0.4) is 0 Å². The van der Waals surface area contributed by atoms with Crippen molar-refractivity contribution in [2.45, 2.75) is 71.6 Å². The molecule has 3 nitrogen and oxygen atoms in total. The molecule has 0 aromatic carbocycles. The van der Waals surface area contributed by atoms with Crippen molar-refractivity contribution in [1.29, 1.82) is 0 Å². The van der Waals surface area contributed by atoms with Crippen molar-refractivity contribution < 1.29 is 9.84 Å². The minimum atomic E-state index is -0.0220. The van der Waals surface area contributed by atoms with Gasteiger partial charge >= 0.3 is 0 Å². The van der Waals surface area contributed by atoms with E-state index < -0.39 is 0 Å². The third-order valence-corrected chi connectivity index (χ3v) is 3.27. The van der Waals surface area contributed by atoms with Crippen LogP contribution in [0.1, 0.15) is 53.9 Å². The van der Waals surface area contributed by atoms with Gasteiger partial charge in [-0.25, -0.2) is 0 Å². The molecule has 1 fully saturated rings. The van der Waals surface area contributed by atoms with Gasteiger partial charge in [-0.05, 0) is 45.4 Å². The monoisotopic (exact) mass is 243 g/mol. The SMILES string of the molecule is CC(C)(CCO)CNC1CC(OC(C)(C)C)C1. The lowest BCUT2D eigenvalue weighted by atomic mass is 9.85. The van der Waals surface area contributed by atoms with E-state index in [1.807, 2.05) is 0 Å². The van der Waals surface area contributed by atoms with Gasteiger partial charge in [-0.15, -0.1) is 0 Å². The van der Waals surface area contributed by atoms with Crippen LogP contribution in [0.2, 0.25) is 0 Å². The molecule has 0 atom stereocenters. The van der Waals surface area contributed by atoms with E-state index in [1.165, 1.54) is 0 Å². The van der Waals surface area contributed by atoms with Crippen molar-refractivity contribution in [1.82, 2.24) is 5.32 Å². The number of hydrogen-bond acceptors (Lipinski definition) is 3. The minimum Gasteiger partial charge on any atom is -0.396 e. The highest BCUT2D eigenvalue weighted by Crippen LogP contribution is 2.28. The van der Waals surface area contributed by atoms with Gasteiger partial charge in [0.1, 0.15) is 0 Å². The Morgan fingerprint density at radius 1 is 1.18 bits per heavy atom. The lowest BCUT2D eigenvalue weighted by molar-refractivity contribution is -0.103. The zero-order valence-electron chi connectivity index (χ0n) is 12.0. The fourth-order valence-electron chi connectivity index (χ4n) is 2.14. The molecule has 1 aliphatic rings. The van der Waals surface area contributed by atoms with Gasteiger partial charge in [-0.2, -0.15) is 0 Å². The van der Waals surface area contributed by atoms with Crippen LogP contribution in [0.15, 0.2) is 0 Å². The van der Waals surface area contributed by atoms with Crippen LogP contribution in [0.25, 0.3) is 0 Å². The van der Waals surface area contributed by atoms with Crippen LogP contribution in [0.4, 0.5) is 0 Å². The standard InChI is InChI=1S/C14H29NO2/c1-13(2,3)17-12-8-11(9-12)15-10-14(4,5)6-7-16/h11-12,15-16H,6-10H2,1-5H3. The Bertz CT molecular complexity index is 227. The highest BCUT2D eigenvalue weighted by atomic mass is 16.5. The zero-order valence-corrected chi connectivity index (χ0v) is 12.0. The molecular weight excluding hydrogens is 214 g/mol. The third kappa shape index (κ3) is 5.84. The van der Waals surface area contributed by atoms with Crippen LogP contribution < -0.4 is 5.32 Å². The zero-order chi connectivity index (χ0) is 13.1. The molecule has 3 heteroatoms. The maximum Gasteiger partial charge on any atom is 0.0612 e. The summed E-state index contributed by atoms with van der Waals surface area (Å²) in [6.07, 6.45) is 3.52. The molecule has 0 bridgehead atoms. The molecule has 0 aromatic heterocycles. The lowest BCUT2D eigenvalue weighted by Gasteiger charge is -2.41. The second-order valence-electron chi connectivity index (χ2n) is 7.04. The van der Waals surface area contributed by atoms with Gasteiger partial charge in [-0.3, -0.25) is 0 Å². The summed E-state index contributed by atoms with van der Waals surface area (Å²) in [7, 11) is 0. The summed E-state index contributed by atoms with van der Waals surface area (Å²) < 4.78 is 5.90. The molecule has 1 aliphatic carbocycles. The number of rotatable bonds is 6. The molecule has 0 radical (unpaired) electrons. The molecule has 0 heterocycles. The summed E-state index contributed by atoms with van der Waals surface area (Å²) >= 11 is 0. The van der Waals surface area contributed by atoms with E-state index in [9.17, 15) is 0 Å². The highest BCUT2D eigenvalue weighted by Gasteiger charge is 2.33. The fourth-order valence-corrected chi connectivity index (χ4v) is 2.14. The molecule has 0 aliphatic heterocycles. The normalized spacial score (nSPS) is 25.8. The topological polar surface area (TPSA) is 41.5 Å². The first-order valence-electron chi connectivity index (χ1n) is 6.74. The highest BCUT2D eigenvalue weighted by molar-refractivity contribution is 4.89. The van der Waals surface area contributed by atoms with Gasteiger partial charge < -0.3 is 15.2 Å². The van der Waals surface area contributed by atoms with E-state index in [0.29, 0.717) is 12.1 Å². The van der Waals surface area contributed by atoms with E-state index in [0.717, 1.165) is 25.8 Å². The number of aliphatic hydroxyl groups is 1. The minimum absolute atomic E-state index is 0.0220. The van der Waals surface area contributed by atoms with Crippen LogP contribution in [0, 0.1) is 5.41 Å². The van der Waals surface area contributed by atoms with Gasteiger partial charge in [0, 0.05) is 19.2 Å². The largest absolute Gasteiger partial charge is 0.396 e. The molecule has 0 saturated heterocycles. The second kappa shape index (κ2) is 5.68. The molecule has 102 valence electrons. The molecular formula is C14H29NO2. The summed E-state index contributed by atoms with van der Waals surface area (Å²) in [6.45, 7) is 12.0. The van der Waals surface area contributed by atoms with Crippen molar-refractivity contribution in [2.24, 2.45) is 5.41 Å². The summed E-state index contributed by atoms with van der Waals surface area (Å²) in [4.78, 5) is 0. The number of ether oxygens (including phenoxy) is 1. The quantitative estimate of drug-likeness (QED) is 0.752. The maximum absolute atomic E-state index is 8.96.